The van der Waals surface area contributed by atoms with Crippen LogP contribution in [-0.2, 0) is 4.74 Å². The molecule has 4 rings (SSSR count). The van der Waals surface area contributed by atoms with Crippen LogP contribution in [0.2, 0.25) is 0 Å². The van der Waals surface area contributed by atoms with Crippen LogP contribution in [0.15, 0.2) is 42.6 Å². The molecule has 0 radical (unpaired) electrons. The van der Waals surface area contributed by atoms with Gasteiger partial charge >= 0.3 is 0 Å². The molecule has 142 valence electrons. The molecule has 0 aliphatic carbocycles. The monoisotopic (exact) mass is 366 g/mol. The molecule has 0 N–H and O–H groups in total. The maximum atomic E-state index is 5.40. The third kappa shape index (κ3) is 4.81. The van der Waals surface area contributed by atoms with Gasteiger partial charge in [-0.25, -0.2) is 0 Å². The molecule has 0 spiro atoms. The van der Waals surface area contributed by atoms with Crippen LogP contribution < -0.4 is 9.80 Å². The Morgan fingerprint density at radius 2 is 1.70 bits per heavy atom. The molecule has 2 aliphatic rings. The van der Waals surface area contributed by atoms with Crippen LogP contribution in [0, 0.1) is 0 Å². The van der Waals surface area contributed by atoms with E-state index in [0.29, 0.717) is 5.95 Å². The number of nitrogens with zero attached hydrogens (tertiary/aromatic N) is 6. The van der Waals surface area contributed by atoms with E-state index in [1.165, 1.54) is 5.56 Å². The highest BCUT2D eigenvalue weighted by atomic mass is 16.5. The van der Waals surface area contributed by atoms with E-state index in [4.69, 9.17) is 9.72 Å². The molecular formula is C20H26N6O. The van der Waals surface area contributed by atoms with Gasteiger partial charge in [-0.15, -0.1) is 5.10 Å². The predicted octanol–water partition coefficient (Wildman–Crippen LogP) is 1.54. The molecule has 0 atom stereocenters. The maximum absolute atomic E-state index is 5.40. The molecule has 7 nitrogen and oxygen atoms in total. The minimum atomic E-state index is 0.712. The molecule has 3 heterocycles. The first-order valence-electron chi connectivity index (χ1n) is 9.60. The van der Waals surface area contributed by atoms with E-state index in [-0.39, 0.29) is 0 Å². The Morgan fingerprint density at radius 3 is 2.48 bits per heavy atom. The zero-order valence-electron chi connectivity index (χ0n) is 15.6. The van der Waals surface area contributed by atoms with Gasteiger partial charge in [0.1, 0.15) is 0 Å². The molecule has 0 unspecified atom stereocenters. The van der Waals surface area contributed by atoms with Crippen molar-refractivity contribution in [3.63, 3.8) is 0 Å². The molecule has 0 saturated carbocycles. The van der Waals surface area contributed by atoms with E-state index in [9.17, 15) is 0 Å². The van der Waals surface area contributed by atoms with Gasteiger partial charge in [0.15, 0.2) is 5.82 Å². The lowest BCUT2D eigenvalue weighted by molar-refractivity contribution is 0.122. The molecule has 27 heavy (non-hydrogen) atoms. The summed E-state index contributed by atoms with van der Waals surface area (Å²) in [6.07, 6.45) is 6.21. The molecule has 1 aromatic carbocycles. The summed E-state index contributed by atoms with van der Waals surface area (Å²) in [5, 5.41) is 8.38. The summed E-state index contributed by atoms with van der Waals surface area (Å²) in [4.78, 5) is 11.6. The van der Waals surface area contributed by atoms with Crippen molar-refractivity contribution < 1.29 is 4.74 Å². The number of ether oxygens (including phenoxy) is 1. The standard InChI is InChI=1S/C20H26N6O/c1-2-5-18(6-3-1)7-4-8-24-9-11-25(12-10-24)19-17-21-23-20(22-19)26-13-15-27-16-14-26/h1-7,17H,8-16H2/b7-4+. The summed E-state index contributed by atoms with van der Waals surface area (Å²) < 4.78 is 5.40. The van der Waals surface area contributed by atoms with Gasteiger partial charge in [0.2, 0.25) is 5.95 Å². The number of hydrogen-bond acceptors (Lipinski definition) is 7. The van der Waals surface area contributed by atoms with Gasteiger partial charge < -0.3 is 14.5 Å². The largest absolute Gasteiger partial charge is 0.378 e. The van der Waals surface area contributed by atoms with Crippen molar-refractivity contribution in [1.29, 1.82) is 0 Å². The molecule has 0 amide bonds. The second kappa shape index (κ2) is 8.92. The first-order valence-corrected chi connectivity index (χ1v) is 9.60. The highest BCUT2D eigenvalue weighted by molar-refractivity contribution is 5.49. The van der Waals surface area contributed by atoms with Crippen LogP contribution in [0.4, 0.5) is 11.8 Å². The van der Waals surface area contributed by atoms with Crippen LogP contribution >= 0.6 is 0 Å². The van der Waals surface area contributed by atoms with E-state index in [1.54, 1.807) is 6.20 Å². The van der Waals surface area contributed by atoms with Crippen molar-refractivity contribution in [3.05, 3.63) is 48.2 Å². The SMILES string of the molecule is C(=C\c1ccccc1)/CN1CCN(c2cnnc(N3CCOCC3)n2)CC1. The van der Waals surface area contributed by atoms with Gasteiger partial charge in [0.05, 0.1) is 19.4 Å². The smallest absolute Gasteiger partial charge is 0.247 e. The number of morpholine rings is 1. The first kappa shape index (κ1) is 17.9. The first-order chi connectivity index (χ1) is 13.4. The van der Waals surface area contributed by atoms with Gasteiger partial charge in [0, 0.05) is 45.8 Å². The maximum Gasteiger partial charge on any atom is 0.247 e. The molecule has 7 heteroatoms. The van der Waals surface area contributed by atoms with Crippen molar-refractivity contribution in [3.8, 4) is 0 Å². The van der Waals surface area contributed by atoms with Crippen molar-refractivity contribution >= 4 is 17.8 Å². The number of aromatic nitrogens is 3. The predicted molar refractivity (Wildman–Crippen MR) is 107 cm³/mol. The highest BCUT2D eigenvalue weighted by Crippen LogP contribution is 2.16. The Bertz CT molecular complexity index is 739. The van der Waals surface area contributed by atoms with E-state index >= 15 is 0 Å². The Kier molecular flexibility index (Phi) is 5.91. The third-order valence-electron chi connectivity index (χ3n) is 5.00. The van der Waals surface area contributed by atoms with E-state index in [2.05, 4.69) is 61.3 Å². The summed E-state index contributed by atoms with van der Waals surface area (Å²) in [7, 11) is 0. The van der Waals surface area contributed by atoms with E-state index in [0.717, 1.165) is 64.8 Å². The second-order valence-electron chi connectivity index (χ2n) is 6.81. The third-order valence-corrected chi connectivity index (χ3v) is 5.00. The van der Waals surface area contributed by atoms with Gasteiger partial charge in [0.25, 0.3) is 0 Å². The van der Waals surface area contributed by atoms with E-state index < -0.39 is 0 Å². The van der Waals surface area contributed by atoms with Crippen LogP contribution in [0.1, 0.15) is 5.56 Å². The van der Waals surface area contributed by atoms with Crippen molar-refractivity contribution in [2.75, 3.05) is 68.8 Å². The Hall–Kier alpha value is -2.51. The fraction of sp³-hybridized carbons (Fsp3) is 0.450. The second-order valence-corrected chi connectivity index (χ2v) is 6.81. The molecule has 2 aromatic rings. The topological polar surface area (TPSA) is 57.6 Å². The quantitative estimate of drug-likeness (QED) is 0.796. The zero-order chi connectivity index (χ0) is 18.3. The molecule has 2 aliphatic heterocycles. The van der Waals surface area contributed by atoms with E-state index in [1.807, 2.05) is 6.07 Å². The van der Waals surface area contributed by atoms with Crippen LogP contribution in [0.25, 0.3) is 6.08 Å². The molecule has 2 saturated heterocycles. The summed E-state index contributed by atoms with van der Waals surface area (Å²) in [6, 6.07) is 10.4. The summed E-state index contributed by atoms with van der Waals surface area (Å²) >= 11 is 0. The normalized spacial score (nSPS) is 19.0. The average Bonchev–Trinajstić information content (AvgIpc) is 2.76. The Labute approximate surface area is 160 Å². The van der Waals surface area contributed by atoms with Crippen molar-refractivity contribution in [2.24, 2.45) is 0 Å². The number of piperazine rings is 1. The van der Waals surface area contributed by atoms with Gasteiger partial charge in [-0.2, -0.15) is 10.1 Å². The number of rotatable bonds is 5. The Morgan fingerprint density at radius 1 is 0.926 bits per heavy atom. The number of hydrogen-bond donors (Lipinski definition) is 0. The lowest BCUT2D eigenvalue weighted by Gasteiger charge is -2.35. The van der Waals surface area contributed by atoms with Crippen LogP contribution in [0.3, 0.4) is 0 Å². The van der Waals surface area contributed by atoms with Gasteiger partial charge in [-0.05, 0) is 5.56 Å². The zero-order valence-corrected chi connectivity index (χ0v) is 15.6. The fourth-order valence-corrected chi connectivity index (χ4v) is 3.40. The number of benzene rings is 1. The molecule has 2 fully saturated rings. The Balaban J connectivity index is 1.29. The fourth-order valence-electron chi connectivity index (χ4n) is 3.40. The highest BCUT2D eigenvalue weighted by Gasteiger charge is 2.20. The molecule has 1 aromatic heterocycles. The van der Waals surface area contributed by atoms with Gasteiger partial charge in [-0.3, -0.25) is 4.90 Å². The average molecular weight is 366 g/mol. The van der Waals surface area contributed by atoms with Crippen LogP contribution in [0.5, 0.6) is 0 Å². The minimum Gasteiger partial charge on any atom is -0.378 e. The van der Waals surface area contributed by atoms with Crippen molar-refractivity contribution in [2.45, 2.75) is 0 Å². The lowest BCUT2D eigenvalue weighted by Crippen LogP contribution is -2.47. The lowest BCUT2D eigenvalue weighted by atomic mass is 10.2. The number of anilines is 2. The molecule has 0 bridgehead atoms. The minimum absolute atomic E-state index is 0.712. The van der Waals surface area contributed by atoms with Crippen LogP contribution in [-0.4, -0.2) is 79.1 Å². The summed E-state index contributed by atoms with van der Waals surface area (Å²) in [5.41, 5.74) is 1.25. The molecular weight excluding hydrogens is 340 g/mol. The van der Waals surface area contributed by atoms with Crippen molar-refractivity contribution in [1.82, 2.24) is 20.1 Å². The summed E-state index contributed by atoms with van der Waals surface area (Å²) in [5.74, 6) is 1.63. The summed E-state index contributed by atoms with van der Waals surface area (Å²) in [6.45, 7) is 8.04. The van der Waals surface area contributed by atoms with Gasteiger partial charge in [-0.1, -0.05) is 42.5 Å².